The number of hydrogen-bond acceptors (Lipinski definition) is 4. The highest BCUT2D eigenvalue weighted by Crippen LogP contribution is 2.31. The van der Waals surface area contributed by atoms with Gasteiger partial charge in [0.25, 0.3) is 0 Å². The van der Waals surface area contributed by atoms with Gasteiger partial charge in [0.05, 0.1) is 10.6 Å². The molecule has 0 fully saturated rings. The van der Waals surface area contributed by atoms with Gasteiger partial charge < -0.3 is 5.11 Å². The zero-order valence-electron chi connectivity index (χ0n) is 9.18. The highest BCUT2D eigenvalue weighted by atomic mass is 35.5. The van der Waals surface area contributed by atoms with Gasteiger partial charge in [-0.15, -0.1) is 5.10 Å². The summed E-state index contributed by atoms with van der Waals surface area (Å²) in [5, 5.41) is 15.7. The summed E-state index contributed by atoms with van der Waals surface area (Å²) in [6.07, 6.45) is 0. The van der Waals surface area contributed by atoms with Crippen molar-refractivity contribution in [3.63, 3.8) is 0 Å². The number of carbonyl (C=O) groups is 1. The van der Waals surface area contributed by atoms with E-state index >= 15 is 0 Å². The molecule has 0 aliphatic rings. The first-order chi connectivity index (χ1) is 8.49. The molecule has 0 unspecified atom stereocenters. The Kier molecular flexibility index (Phi) is 3.44. The number of benzene rings is 1. The number of halogens is 1. The number of nitrogens with zero attached hydrogens (tertiary/aromatic N) is 2. The fraction of sp³-hybridized carbons (Fsp3) is 0.100. The second kappa shape index (κ2) is 4.87. The van der Waals surface area contributed by atoms with E-state index in [4.69, 9.17) is 16.7 Å². The van der Waals surface area contributed by atoms with Gasteiger partial charge in [-0.25, -0.2) is 14.7 Å². The number of H-pyrrole nitrogens is 1. The molecule has 0 saturated heterocycles. The molecule has 2 rings (SSSR count). The third kappa shape index (κ3) is 2.41. The Balaban J connectivity index is 2.33. The molecule has 0 aliphatic carbocycles. The molecule has 94 valence electrons. The molecule has 18 heavy (non-hydrogen) atoms. The van der Waals surface area contributed by atoms with Crippen LogP contribution in [0.5, 0.6) is 0 Å². The topological polar surface area (TPSA) is 88.0 Å². The average molecular weight is 286 g/mol. The van der Waals surface area contributed by atoms with Crippen LogP contribution in [0.3, 0.4) is 0 Å². The van der Waals surface area contributed by atoms with Crippen LogP contribution in [-0.2, 0) is 7.05 Å². The lowest BCUT2D eigenvalue weighted by Crippen LogP contribution is -2.12. The van der Waals surface area contributed by atoms with E-state index < -0.39 is 5.97 Å². The average Bonchev–Trinajstić information content (AvgIpc) is 2.63. The lowest BCUT2D eigenvalue weighted by atomic mass is 10.2. The number of aromatic amines is 1. The summed E-state index contributed by atoms with van der Waals surface area (Å²) in [7, 11) is 1.58. The number of rotatable bonds is 3. The molecule has 1 heterocycles. The fourth-order valence-corrected chi connectivity index (χ4v) is 2.34. The van der Waals surface area contributed by atoms with Gasteiger partial charge in [-0.05, 0) is 30.0 Å². The van der Waals surface area contributed by atoms with E-state index in [1.54, 1.807) is 13.1 Å². The number of carboxylic acid groups (broad SMARTS) is 1. The Labute approximate surface area is 111 Å². The predicted molar refractivity (Wildman–Crippen MR) is 66.4 cm³/mol. The summed E-state index contributed by atoms with van der Waals surface area (Å²) >= 11 is 7.15. The van der Waals surface area contributed by atoms with Crippen molar-refractivity contribution in [2.45, 2.75) is 10.1 Å². The third-order valence-electron chi connectivity index (χ3n) is 2.22. The van der Waals surface area contributed by atoms with Crippen LogP contribution in [0, 0.1) is 0 Å². The van der Waals surface area contributed by atoms with Crippen LogP contribution in [0.2, 0.25) is 5.02 Å². The molecule has 0 spiro atoms. The molecular formula is C10H8ClN3O3S. The first-order valence-electron chi connectivity index (χ1n) is 4.81. The van der Waals surface area contributed by atoms with Crippen LogP contribution in [-0.4, -0.2) is 25.8 Å². The van der Waals surface area contributed by atoms with E-state index in [1.165, 1.54) is 28.5 Å². The molecule has 0 atom stereocenters. The molecule has 1 aromatic carbocycles. The largest absolute Gasteiger partial charge is 0.478 e. The molecule has 2 N–H and O–H groups in total. The molecule has 2 aromatic rings. The second-order valence-electron chi connectivity index (χ2n) is 3.42. The minimum atomic E-state index is -1.04. The SMILES string of the molecule is Cn1c(Sc2ccc(C(=O)O)cc2Cl)n[nH]c1=O. The monoisotopic (exact) mass is 285 g/mol. The smallest absolute Gasteiger partial charge is 0.343 e. The van der Waals surface area contributed by atoms with Gasteiger partial charge in [0.15, 0.2) is 5.16 Å². The summed E-state index contributed by atoms with van der Waals surface area (Å²) < 4.78 is 1.34. The number of carboxylic acids is 1. The van der Waals surface area contributed by atoms with Gasteiger partial charge in [0.1, 0.15) is 0 Å². The molecule has 0 aliphatic heterocycles. The van der Waals surface area contributed by atoms with Gasteiger partial charge in [-0.1, -0.05) is 11.6 Å². The Bertz CT molecular complexity index is 665. The Morgan fingerprint density at radius 1 is 1.56 bits per heavy atom. The van der Waals surface area contributed by atoms with E-state index in [0.717, 1.165) is 0 Å². The molecule has 8 heteroatoms. The van der Waals surface area contributed by atoms with E-state index in [1.807, 2.05) is 0 Å². The molecule has 6 nitrogen and oxygen atoms in total. The van der Waals surface area contributed by atoms with Crippen molar-refractivity contribution < 1.29 is 9.90 Å². The van der Waals surface area contributed by atoms with Crippen LogP contribution in [0.4, 0.5) is 0 Å². The second-order valence-corrected chi connectivity index (χ2v) is 4.84. The normalized spacial score (nSPS) is 10.6. The van der Waals surface area contributed by atoms with Gasteiger partial charge >= 0.3 is 11.7 Å². The zero-order chi connectivity index (χ0) is 13.3. The molecular weight excluding hydrogens is 278 g/mol. The standard InChI is InChI=1S/C10H8ClN3O3S/c1-14-9(17)12-13-10(14)18-7-3-2-5(8(15)16)4-6(7)11/h2-4H,1H3,(H,12,17)(H,15,16). The molecule has 0 amide bonds. The Morgan fingerprint density at radius 2 is 2.28 bits per heavy atom. The molecule has 1 aromatic heterocycles. The maximum atomic E-state index is 11.2. The van der Waals surface area contributed by atoms with Crippen molar-refractivity contribution >= 4 is 29.3 Å². The van der Waals surface area contributed by atoms with E-state index in [9.17, 15) is 9.59 Å². The minimum absolute atomic E-state index is 0.111. The number of nitrogens with one attached hydrogen (secondary N) is 1. The van der Waals surface area contributed by atoms with Crippen molar-refractivity contribution in [2.75, 3.05) is 0 Å². The summed E-state index contributed by atoms with van der Waals surface area (Å²) in [4.78, 5) is 22.6. The molecule has 0 bridgehead atoms. The van der Waals surface area contributed by atoms with Crippen molar-refractivity contribution in [3.05, 3.63) is 39.3 Å². The van der Waals surface area contributed by atoms with Crippen LogP contribution < -0.4 is 5.69 Å². The van der Waals surface area contributed by atoms with Crippen molar-refractivity contribution in [2.24, 2.45) is 7.05 Å². The number of hydrogen-bond donors (Lipinski definition) is 2. The number of aromatic nitrogens is 3. The first kappa shape index (κ1) is 12.7. The minimum Gasteiger partial charge on any atom is -0.478 e. The maximum absolute atomic E-state index is 11.2. The Morgan fingerprint density at radius 3 is 2.78 bits per heavy atom. The van der Waals surface area contributed by atoms with E-state index in [-0.39, 0.29) is 11.3 Å². The maximum Gasteiger partial charge on any atom is 0.343 e. The quantitative estimate of drug-likeness (QED) is 0.894. The summed E-state index contributed by atoms with van der Waals surface area (Å²) in [5.41, 5.74) is -0.212. The molecule has 0 radical (unpaired) electrons. The molecule has 0 saturated carbocycles. The van der Waals surface area contributed by atoms with Crippen molar-refractivity contribution in [3.8, 4) is 0 Å². The summed E-state index contributed by atoms with van der Waals surface area (Å²) in [6, 6.07) is 4.38. The van der Waals surface area contributed by atoms with Crippen molar-refractivity contribution in [1.29, 1.82) is 0 Å². The predicted octanol–water partition coefficient (Wildman–Crippen LogP) is 1.61. The van der Waals surface area contributed by atoms with Crippen LogP contribution in [0.15, 0.2) is 33.0 Å². The van der Waals surface area contributed by atoms with Gasteiger partial charge in [0, 0.05) is 11.9 Å². The van der Waals surface area contributed by atoms with Crippen LogP contribution in [0.25, 0.3) is 0 Å². The third-order valence-corrected chi connectivity index (χ3v) is 3.77. The van der Waals surface area contributed by atoms with Gasteiger partial charge in [0.2, 0.25) is 0 Å². The highest BCUT2D eigenvalue weighted by molar-refractivity contribution is 7.99. The van der Waals surface area contributed by atoms with Crippen LogP contribution in [0.1, 0.15) is 10.4 Å². The summed E-state index contributed by atoms with van der Waals surface area (Å²) in [5.74, 6) is -1.04. The lowest BCUT2D eigenvalue weighted by molar-refractivity contribution is 0.0697. The van der Waals surface area contributed by atoms with Crippen LogP contribution >= 0.6 is 23.4 Å². The lowest BCUT2D eigenvalue weighted by Gasteiger charge is -2.03. The van der Waals surface area contributed by atoms with Crippen molar-refractivity contribution in [1.82, 2.24) is 14.8 Å². The number of aromatic carboxylic acids is 1. The van der Waals surface area contributed by atoms with Gasteiger partial charge in [-0.3, -0.25) is 4.57 Å². The van der Waals surface area contributed by atoms with E-state index in [0.29, 0.717) is 15.1 Å². The Hall–Kier alpha value is -1.73. The van der Waals surface area contributed by atoms with Gasteiger partial charge in [-0.2, -0.15) is 0 Å². The first-order valence-corrected chi connectivity index (χ1v) is 6.00. The highest BCUT2D eigenvalue weighted by Gasteiger charge is 2.11. The summed E-state index contributed by atoms with van der Waals surface area (Å²) in [6.45, 7) is 0. The zero-order valence-corrected chi connectivity index (χ0v) is 10.7. The fourth-order valence-electron chi connectivity index (χ4n) is 1.24. The van der Waals surface area contributed by atoms with E-state index in [2.05, 4.69) is 10.2 Å².